The van der Waals surface area contributed by atoms with Crippen LogP contribution in [0.5, 0.6) is 5.75 Å². The molecule has 2 aliphatic rings. The maximum absolute atomic E-state index is 14.2. The van der Waals surface area contributed by atoms with E-state index in [1.54, 1.807) is 0 Å². The number of halogens is 1. The molecule has 2 amide bonds. The molecule has 116 valence electrons. The van der Waals surface area contributed by atoms with E-state index in [0.29, 0.717) is 6.42 Å². The number of fused-ring (bicyclic) bond motifs is 1. The summed E-state index contributed by atoms with van der Waals surface area (Å²) in [6.45, 7) is 0.177. The average Bonchev–Trinajstić information content (AvgIpc) is 2.74. The third kappa shape index (κ3) is 2.36. The molecule has 0 aromatic heterocycles. The maximum Gasteiger partial charge on any atom is 0.415 e. The number of primary amides is 1. The monoisotopic (exact) mass is 308 g/mol. The fourth-order valence-electron chi connectivity index (χ4n) is 2.47. The van der Waals surface area contributed by atoms with Gasteiger partial charge in [0.2, 0.25) is 0 Å². The average molecular weight is 308 g/mol. The number of benzene rings is 1. The molecule has 3 rings (SSSR count). The van der Waals surface area contributed by atoms with E-state index in [4.69, 9.17) is 15.2 Å². The van der Waals surface area contributed by atoms with Crippen LogP contribution in [0.2, 0.25) is 0 Å². The van der Waals surface area contributed by atoms with Gasteiger partial charge in [0.1, 0.15) is 11.6 Å². The number of amides is 2. The number of hydrogen-bond acceptors (Lipinski definition) is 5. The largest absolute Gasteiger partial charge is 0.493 e. The van der Waals surface area contributed by atoms with Gasteiger partial charge in [-0.1, -0.05) is 0 Å². The van der Waals surface area contributed by atoms with Crippen LogP contribution in [0.15, 0.2) is 12.1 Å². The first-order valence-corrected chi connectivity index (χ1v) is 6.74. The van der Waals surface area contributed by atoms with Crippen molar-refractivity contribution in [2.45, 2.75) is 18.9 Å². The van der Waals surface area contributed by atoms with E-state index in [1.165, 1.54) is 6.07 Å². The van der Waals surface area contributed by atoms with Crippen LogP contribution in [0.1, 0.15) is 23.2 Å². The summed E-state index contributed by atoms with van der Waals surface area (Å²) in [5, 5.41) is 0. The van der Waals surface area contributed by atoms with E-state index in [2.05, 4.69) is 0 Å². The van der Waals surface area contributed by atoms with Gasteiger partial charge < -0.3 is 15.2 Å². The van der Waals surface area contributed by atoms with Crippen LogP contribution in [0.4, 0.5) is 14.9 Å². The Morgan fingerprint density at radius 1 is 1.36 bits per heavy atom. The minimum atomic E-state index is -1.09. The zero-order valence-electron chi connectivity index (χ0n) is 11.5. The van der Waals surface area contributed by atoms with Crippen molar-refractivity contribution in [2.75, 3.05) is 18.1 Å². The third-order valence-electron chi connectivity index (χ3n) is 3.56. The minimum absolute atomic E-state index is 0.0906. The topological polar surface area (TPSA) is 98.9 Å². The summed E-state index contributed by atoms with van der Waals surface area (Å²) in [5.41, 5.74) is 5.14. The Bertz CT molecular complexity index is 675. The Hall–Kier alpha value is -2.64. The summed E-state index contributed by atoms with van der Waals surface area (Å²) in [6.07, 6.45) is -1.18. The lowest BCUT2D eigenvalue weighted by molar-refractivity contribution is -0.124. The molecule has 1 fully saturated rings. The highest BCUT2D eigenvalue weighted by molar-refractivity contribution is 6.01. The first-order valence-electron chi connectivity index (χ1n) is 6.74. The highest BCUT2D eigenvalue weighted by atomic mass is 19.1. The van der Waals surface area contributed by atoms with Gasteiger partial charge in [0.15, 0.2) is 11.9 Å². The van der Waals surface area contributed by atoms with Crippen LogP contribution in [-0.4, -0.2) is 37.0 Å². The number of rotatable bonds is 2. The second-order valence-electron chi connectivity index (χ2n) is 5.06. The molecule has 1 saturated heterocycles. The van der Waals surface area contributed by atoms with Crippen molar-refractivity contribution in [2.24, 2.45) is 5.73 Å². The van der Waals surface area contributed by atoms with Crippen molar-refractivity contribution in [3.63, 3.8) is 0 Å². The SMILES string of the molecule is NC(=O)[C@H]1CN(c2cc(F)c3c(c2)OCCCC3=O)C(=O)O1. The number of hydrogen-bond donors (Lipinski definition) is 1. The van der Waals surface area contributed by atoms with Gasteiger partial charge in [-0.05, 0) is 12.5 Å². The number of cyclic esters (lactones) is 1. The van der Waals surface area contributed by atoms with Gasteiger partial charge in [-0.15, -0.1) is 0 Å². The van der Waals surface area contributed by atoms with Crippen molar-refractivity contribution in [1.29, 1.82) is 0 Å². The lowest BCUT2D eigenvalue weighted by Gasteiger charge is -2.16. The van der Waals surface area contributed by atoms with Crippen LogP contribution in [-0.2, 0) is 9.53 Å². The zero-order chi connectivity index (χ0) is 15.9. The van der Waals surface area contributed by atoms with E-state index in [9.17, 15) is 18.8 Å². The molecule has 1 aromatic rings. The fourth-order valence-corrected chi connectivity index (χ4v) is 2.47. The van der Waals surface area contributed by atoms with Crippen molar-refractivity contribution in [3.8, 4) is 5.75 Å². The summed E-state index contributed by atoms with van der Waals surface area (Å²) in [4.78, 5) is 35.8. The number of carbonyl (C=O) groups excluding carboxylic acids is 3. The Balaban J connectivity index is 1.98. The molecule has 2 N–H and O–H groups in total. The smallest absolute Gasteiger partial charge is 0.415 e. The number of carbonyl (C=O) groups is 3. The van der Waals surface area contributed by atoms with Crippen LogP contribution < -0.4 is 15.4 Å². The summed E-state index contributed by atoms with van der Waals surface area (Å²) < 4.78 is 24.4. The Morgan fingerprint density at radius 2 is 2.14 bits per heavy atom. The van der Waals surface area contributed by atoms with Gasteiger partial charge in [0, 0.05) is 12.5 Å². The molecule has 22 heavy (non-hydrogen) atoms. The molecule has 7 nitrogen and oxygen atoms in total. The summed E-state index contributed by atoms with van der Waals surface area (Å²) in [6, 6.07) is 2.45. The van der Waals surface area contributed by atoms with Crippen molar-refractivity contribution in [3.05, 3.63) is 23.5 Å². The minimum Gasteiger partial charge on any atom is -0.493 e. The second-order valence-corrected chi connectivity index (χ2v) is 5.06. The van der Waals surface area contributed by atoms with Gasteiger partial charge in [-0.2, -0.15) is 0 Å². The van der Waals surface area contributed by atoms with Crippen LogP contribution in [0.25, 0.3) is 0 Å². The molecule has 8 heteroatoms. The summed E-state index contributed by atoms with van der Waals surface area (Å²) in [7, 11) is 0. The molecule has 0 spiro atoms. The van der Waals surface area contributed by atoms with Crippen LogP contribution >= 0.6 is 0 Å². The highest BCUT2D eigenvalue weighted by Gasteiger charge is 2.37. The lowest BCUT2D eigenvalue weighted by Crippen LogP contribution is -2.32. The molecule has 0 unspecified atom stereocenters. The van der Waals surface area contributed by atoms with E-state index >= 15 is 0 Å². The fraction of sp³-hybridized carbons (Fsp3) is 0.357. The third-order valence-corrected chi connectivity index (χ3v) is 3.56. The standard InChI is InChI=1S/C14H13FN2O5/c15-8-4-7(17-6-11(13(16)19)22-14(17)20)5-10-12(8)9(18)2-1-3-21-10/h4-5,11H,1-3,6H2,(H2,16,19)/t11-/m1/s1. The van der Waals surface area contributed by atoms with E-state index < -0.39 is 23.9 Å². The van der Waals surface area contributed by atoms with Crippen molar-refractivity contribution in [1.82, 2.24) is 0 Å². The number of ketones is 1. The Labute approximate surface area is 124 Å². The molecule has 0 saturated carbocycles. The number of Topliss-reactive ketones (excluding diaryl/α,β-unsaturated/α-hetero) is 1. The maximum atomic E-state index is 14.2. The molecule has 0 radical (unpaired) electrons. The number of ether oxygens (including phenoxy) is 2. The van der Waals surface area contributed by atoms with Crippen molar-refractivity contribution >= 4 is 23.5 Å². The lowest BCUT2D eigenvalue weighted by atomic mass is 10.1. The van der Waals surface area contributed by atoms with Crippen LogP contribution in [0, 0.1) is 5.82 Å². The van der Waals surface area contributed by atoms with Gasteiger partial charge in [-0.25, -0.2) is 9.18 Å². The normalized spacial score (nSPS) is 21.0. The quantitative estimate of drug-likeness (QED) is 0.878. The summed E-state index contributed by atoms with van der Waals surface area (Å²) in [5.74, 6) is -1.80. The molecular weight excluding hydrogens is 295 g/mol. The molecule has 1 aromatic carbocycles. The van der Waals surface area contributed by atoms with Gasteiger partial charge in [0.25, 0.3) is 5.91 Å². The Kier molecular flexibility index (Phi) is 3.44. The molecule has 2 heterocycles. The van der Waals surface area contributed by atoms with Gasteiger partial charge >= 0.3 is 6.09 Å². The molecule has 2 aliphatic heterocycles. The first kappa shape index (κ1) is 14.3. The molecule has 1 atom stereocenters. The van der Waals surface area contributed by atoms with E-state index in [-0.39, 0.29) is 42.4 Å². The van der Waals surface area contributed by atoms with Gasteiger partial charge in [0.05, 0.1) is 24.4 Å². The molecule has 0 bridgehead atoms. The first-order chi connectivity index (χ1) is 10.5. The second kappa shape index (κ2) is 5.28. The number of nitrogens with zero attached hydrogens (tertiary/aromatic N) is 1. The van der Waals surface area contributed by atoms with Gasteiger partial charge in [-0.3, -0.25) is 14.5 Å². The molecular formula is C14H13FN2O5. The van der Waals surface area contributed by atoms with Crippen molar-refractivity contribution < 1.29 is 28.2 Å². The summed E-state index contributed by atoms with van der Waals surface area (Å²) >= 11 is 0. The van der Waals surface area contributed by atoms with E-state index in [0.717, 1.165) is 11.0 Å². The predicted octanol–water partition coefficient (Wildman–Crippen LogP) is 0.992. The number of nitrogens with two attached hydrogens (primary N) is 1. The highest BCUT2D eigenvalue weighted by Crippen LogP contribution is 2.33. The molecule has 0 aliphatic carbocycles. The predicted molar refractivity (Wildman–Crippen MR) is 72.3 cm³/mol. The number of anilines is 1. The van der Waals surface area contributed by atoms with E-state index in [1.807, 2.05) is 0 Å². The van der Waals surface area contributed by atoms with Crippen LogP contribution in [0.3, 0.4) is 0 Å². The Morgan fingerprint density at radius 3 is 2.82 bits per heavy atom. The zero-order valence-corrected chi connectivity index (χ0v) is 11.5.